The summed E-state index contributed by atoms with van der Waals surface area (Å²) in [7, 11) is 1.79. The fraction of sp³-hybridized carbons (Fsp3) is 0.200. The Balaban J connectivity index is 1.69. The molecule has 0 saturated carbocycles. The molecule has 5 heteroatoms. The van der Waals surface area contributed by atoms with Gasteiger partial charge in [0.15, 0.2) is 5.82 Å². The van der Waals surface area contributed by atoms with Crippen molar-refractivity contribution < 1.29 is 4.79 Å². The average Bonchev–Trinajstić information content (AvgIpc) is 3.13. The maximum absolute atomic E-state index is 12.1. The quantitative estimate of drug-likeness (QED) is 0.788. The van der Waals surface area contributed by atoms with E-state index in [9.17, 15) is 4.79 Å². The van der Waals surface area contributed by atoms with Crippen LogP contribution >= 0.6 is 0 Å². The van der Waals surface area contributed by atoms with E-state index in [1.54, 1.807) is 24.3 Å². The van der Waals surface area contributed by atoms with Gasteiger partial charge in [-0.25, -0.2) is 4.98 Å². The Bertz CT molecular complexity index is 714. The third-order valence-corrected chi connectivity index (χ3v) is 3.40. The number of carbonyl (C=O) groups is 1. The van der Waals surface area contributed by atoms with Crippen LogP contribution in [0.1, 0.15) is 10.6 Å². The van der Waals surface area contributed by atoms with Crippen LogP contribution < -0.4 is 0 Å². The molecule has 5 nitrogen and oxygen atoms in total. The van der Waals surface area contributed by atoms with Crippen LogP contribution in [-0.4, -0.2) is 38.9 Å². The normalized spacial score (nSPS) is 10.8. The monoisotopic (exact) mass is 268 g/mol. The van der Waals surface area contributed by atoms with E-state index in [4.69, 9.17) is 0 Å². The van der Waals surface area contributed by atoms with Gasteiger partial charge in [-0.3, -0.25) is 4.79 Å². The van der Waals surface area contributed by atoms with Crippen LogP contribution in [0.4, 0.5) is 0 Å². The van der Waals surface area contributed by atoms with E-state index in [2.05, 4.69) is 38.9 Å². The third kappa shape index (κ3) is 2.30. The molecule has 0 spiro atoms. The van der Waals surface area contributed by atoms with Crippen LogP contribution in [-0.2, 0) is 6.54 Å². The van der Waals surface area contributed by atoms with Crippen molar-refractivity contribution >= 4 is 16.8 Å². The van der Waals surface area contributed by atoms with Crippen LogP contribution in [0.2, 0.25) is 0 Å². The number of imidazole rings is 1. The Morgan fingerprint density at radius 3 is 3.00 bits per heavy atom. The van der Waals surface area contributed by atoms with Crippen molar-refractivity contribution in [3.63, 3.8) is 0 Å². The number of likely N-dealkylation sites (N-methyl/N-ethyl adjacent to an activating group) is 1. The minimum absolute atomic E-state index is 0.0912. The first-order valence-corrected chi connectivity index (χ1v) is 6.54. The number of rotatable bonds is 4. The van der Waals surface area contributed by atoms with E-state index >= 15 is 0 Å². The molecule has 0 aliphatic heterocycles. The molecule has 1 aromatic carbocycles. The van der Waals surface area contributed by atoms with Crippen LogP contribution in [0.15, 0.2) is 48.9 Å². The topological polar surface area (TPSA) is 53.9 Å². The number of aromatic amines is 1. The second kappa shape index (κ2) is 5.21. The number of hydrogen-bond acceptors (Lipinski definition) is 2. The van der Waals surface area contributed by atoms with Gasteiger partial charge < -0.3 is 14.5 Å². The van der Waals surface area contributed by atoms with E-state index in [0.717, 1.165) is 6.54 Å². The van der Waals surface area contributed by atoms with Gasteiger partial charge in [-0.2, -0.15) is 0 Å². The summed E-state index contributed by atoms with van der Waals surface area (Å²) in [5.74, 6) is 0.288. The highest BCUT2D eigenvalue weighted by molar-refractivity contribution is 5.90. The Hall–Kier alpha value is -2.56. The lowest BCUT2D eigenvalue weighted by Crippen LogP contribution is -2.30. The van der Waals surface area contributed by atoms with Crippen molar-refractivity contribution in [2.75, 3.05) is 13.6 Å². The molecule has 1 amide bonds. The second-order valence-corrected chi connectivity index (χ2v) is 4.73. The first-order valence-electron chi connectivity index (χ1n) is 6.54. The maximum atomic E-state index is 12.1. The molecule has 3 rings (SSSR count). The lowest BCUT2D eigenvalue weighted by Gasteiger charge is -2.16. The van der Waals surface area contributed by atoms with E-state index in [0.29, 0.717) is 12.4 Å². The van der Waals surface area contributed by atoms with Crippen molar-refractivity contribution in [1.29, 1.82) is 0 Å². The smallest absolute Gasteiger partial charge is 0.289 e. The largest absolute Gasteiger partial charge is 0.346 e. The highest BCUT2D eigenvalue weighted by Crippen LogP contribution is 2.14. The number of para-hydroxylation sites is 1. The summed E-state index contributed by atoms with van der Waals surface area (Å²) in [5, 5.41) is 1.22. The summed E-state index contributed by atoms with van der Waals surface area (Å²) in [5.41, 5.74) is 1.19. The zero-order valence-corrected chi connectivity index (χ0v) is 11.3. The molecule has 0 bridgehead atoms. The van der Waals surface area contributed by atoms with Gasteiger partial charge in [0, 0.05) is 44.2 Å². The molecule has 3 aromatic rings. The number of amides is 1. The Labute approximate surface area is 116 Å². The number of nitrogens with one attached hydrogen (secondary N) is 1. The number of H-pyrrole nitrogens is 1. The van der Waals surface area contributed by atoms with Crippen molar-refractivity contribution in [3.8, 4) is 0 Å². The first-order chi connectivity index (χ1) is 9.75. The van der Waals surface area contributed by atoms with Gasteiger partial charge >= 0.3 is 0 Å². The highest BCUT2D eigenvalue weighted by atomic mass is 16.2. The molecule has 0 saturated heterocycles. The van der Waals surface area contributed by atoms with Crippen molar-refractivity contribution in [2.24, 2.45) is 0 Å². The Morgan fingerprint density at radius 2 is 2.20 bits per heavy atom. The maximum Gasteiger partial charge on any atom is 0.289 e. The molecule has 20 heavy (non-hydrogen) atoms. The standard InChI is InChI=1S/C15H16N4O/c1-18(15(20)14-16-7-8-17-14)10-11-19-9-6-12-4-2-3-5-13(12)19/h2-9H,10-11H2,1H3,(H,16,17). The lowest BCUT2D eigenvalue weighted by atomic mass is 10.2. The Morgan fingerprint density at radius 1 is 1.35 bits per heavy atom. The molecule has 0 fully saturated rings. The zero-order valence-electron chi connectivity index (χ0n) is 11.3. The summed E-state index contributed by atoms with van der Waals surface area (Å²) in [6.45, 7) is 1.40. The number of fused-ring (bicyclic) bond motifs is 1. The highest BCUT2D eigenvalue weighted by Gasteiger charge is 2.13. The van der Waals surface area contributed by atoms with Crippen molar-refractivity contribution in [3.05, 3.63) is 54.7 Å². The minimum atomic E-state index is -0.0912. The lowest BCUT2D eigenvalue weighted by molar-refractivity contribution is 0.0780. The fourth-order valence-electron chi connectivity index (χ4n) is 2.26. The fourth-order valence-corrected chi connectivity index (χ4v) is 2.26. The van der Waals surface area contributed by atoms with Crippen LogP contribution in [0.5, 0.6) is 0 Å². The van der Waals surface area contributed by atoms with Crippen LogP contribution in [0.3, 0.4) is 0 Å². The van der Waals surface area contributed by atoms with Crippen LogP contribution in [0, 0.1) is 0 Å². The van der Waals surface area contributed by atoms with E-state index < -0.39 is 0 Å². The molecule has 2 aromatic heterocycles. The summed E-state index contributed by atoms with van der Waals surface area (Å²) in [4.78, 5) is 20.5. The van der Waals surface area contributed by atoms with Gasteiger partial charge in [0.25, 0.3) is 5.91 Å². The molecule has 0 aliphatic rings. The number of benzene rings is 1. The molecule has 0 radical (unpaired) electrons. The molecule has 0 atom stereocenters. The molecule has 0 unspecified atom stereocenters. The van der Waals surface area contributed by atoms with Crippen molar-refractivity contribution in [2.45, 2.75) is 6.54 Å². The molecule has 102 valence electrons. The number of hydrogen-bond donors (Lipinski definition) is 1. The van der Waals surface area contributed by atoms with Gasteiger partial charge in [-0.05, 0) is 17.5 Å². The molecule has 1 N–H and O–H groups in total. The molecular formula is C15H16N4O. The van der Waals surface area contributed by atoms with Crippen LogP contribution in [0.25, 0.3) is 10.9 Å². The minimum Gasteiger partial charge on any atom is -0.346 e. The summed E-state index contributed by atoms with van der Waals surface area (Å²) in [6.07, 6.45) is 5.29. The SMILES string of the molecule is CN(CCn1ccc2ccccc21)C(=O)c1ncc[nH]1. The average molecular weight is 268 g/mol. The van der Waals surface area contributed by atoms with Crippen molar-refractivity contribution in [1.82, 2.24) is 19.4 Å². The summed E-state index contributed by atoms with van der Waals surface area (Å²) < 4.78 is 2.15. The predicted octanol–water partition coefficient (Wildman–Crippen LogP) is 2.14. The van der Waals surface area contributed by atoms with E-state index in [1.807, 2.05) is 12.1 Å². The van der Waals surface area contributed by atoms with Gasteiger partial charge in [0.1, 0.15) is 0 Å². The van der Waals surface area contributed by atoms with E-state index in [1.165, 1.54) is 10.9 Å². The number of carbonyl (C=O) groups excluding carboxylic acids is 1. The third-order valence-electron chi connectivity index (χ3n) is 3.40. The van der Waals surface area contributed by atoms with Gasteiger partial charge in [0.05, 0.1) is 0 Å². The Kier molecular flexibility index (Phi) is 3.25. The molecular weight excluding hydrogens is 252 g/mol. The molecule has 0 aliphatic carbocycles. The van der Waals surface area contributed by atoms with Gasteiger partial charge in [0.2, 0.25) is 0 Å². The second-order valence-electron chi connectivity index (χ2n) is 4.73. The zero-order chi connectivity index (χ0) is 13.9. The number of aromatic nitrogens is 3. The first kappa shape index (κ1) is 12.5. The number of nitrogens with zero attached hydrogens (tertiary/aromatic N) is 3. The van der Waals surface area contributed by atoms with Gasteiger partial charge in [-0.15, -0.1) is 0 Å². The van der Waals surface area contributed by atoms with E-state index in [-0.39, 0.29) is 5.91 Å². The van der Waals surface area contributed by atoms with Gasteiger partial charge in [-0.1, -0.05) is 18.2 Å². The summed E-state index contributed by atoms with van der Waals surface area (Å²) >= 11 is 0. The summed E-state index contributed by atoms with van der Waals surface area (Å²) in [6, 6.07) is 10.3. The predicted molar refractivity (Wildman–Crippen MR) is 77.5 cm³/mol. The molecule has 2 heterocycles.